The van der Waals surface area contributed by atoms with Crippen LogP contribution in [0, 0.1) is 0 Å². The Morgan fingerprint density at radius 1 is 1.75 bits per heavy atom. The second-order valence-corrected chi connectivity index (χ2v) is 15.3. The van der Waals surface area contributed by atoms with E-state index in [9.17, 15) is 0 Å². The van der Waals surface area contributed by atoms with Gasteiger partial charge in [-0.2, -0.15) is 0 Å². The molecule has 0 aromatic rings. The van der Waals surface area contributed by atoms with Crippen LogP contribution in [0.4, 0.5) is 0 Å². The third kappa shape index (κ3) is 7.54. The maximum atomic E-state index is 5.61. The van der Waals surface area contributed by atoms with E-state index in [2.05, 4.69) is 0 Å². The fourth-order valence-corrected chi connectivity index (χ4v) is 6.18. The van der Waals surface area contributed by atoms with E-state index < -0.39 is 21.8 Å². The Bertz CT molecular complexity index is 41.0. The zero-order valence-electron chi connectivity index (χ0n) is 5.02. The third-order valence-corrected chi connectivity index (χ3v) is 10.5. The van der Waals surface area contributed by atoms with Gasteiger partial charge in [0.15, 0.2) is 0 Å². The van der Waals surface area contributed by atoms with Crippen LogP contribution in [0.1, 0.15) is 6.92 Å². The van der Waals surface area contributed by atoms with Gasteiger partial charge in [0.25, 0.3) is 0 Å². The molecule has 0 N–H and O–H groups in total. The van der Waals surface area contributed by atoms with Crippen molar-refractivity contribution in [2.45, 2.75) is 6.92 Å². The summed E-state index contributed by atoms with van der Waals surface area (Å²) in [4.78, 5) is 0. The summed E-state index contributed by atoms with van der Waals surface area (Å²) in [6.45, 7) is 3.73. The maximum absolute atomic E-state index is 5.61. The molecule has 0 bridgehead atoms. The molecular weight excluding hydrogens is 332 g/mol. The van der Waals surface area contributed by atoms with E-state index >= 15 is 0 Å². The van der Waals surface area contributed by atoms with Crippen molar-refractivity contribution in [2.75, 3.05) is 19.0 Å². The van der Waals surface area contributed by atoms with E-state index in [0.29, 0.717) is 0 Å². The summed E-state index contributed by atoms with van der Waals surface area (Å²) < 4.78 is 5.09. The Labute approximate surface area is 68.5 Å². The summed E-state index contributed by atoms with van der Waals surface area (Å²) in [5.41, 5.74) is 0. The molecule has 0 rings (SSSR count). The van der Waals surface area contributed by atoms with Crippen molar-refractivity contribution in [2.24, 2.45) is 0 Å². The second-order valence-electron chi connectivity index (χ2n) is 1.21. The quantitative estimate of drug-likeness (QED) is 0.558. The van der Waals surface area contributed by atoms with Crippen LogP contribution in [0.25, 0.3) is 0 Å². The van der Waals surface area contributed by atoms with Gasteiger partial charge in [-0.15, -0.1) is 0 Å². The van der Waals surface area contributed by atoms with E-state index in [0.717, 1.165) is 19.0 Å². The minimum atomic E-state index is -0.892. The van der Waals surface area contributed by atoms with Crippen molar-refractivity contribution in [1.82, 2.24) is 0 Å². The molecule has 0 atom stereocenters. The second kappa shape index (κ2) is 8.54. The number of hydrogen-bond donors (Lipinski definition) is 0. The van der Waals surface area contributed by atoms with Crippen molar-refractivity contribution in [3.8, 4) is 0 Å². The van der Waals surface area contributed by atoms with Crippen LogP contribution in [-0.2, 0) is 26.6 Å². The fraction of sp³-hybridized carbons (Fsp3) is 1.00. The Balaban J connectivity index is 2.53. The molecule has 8 heavy (non-hydrogen) atoms. The van der Waals surface area contributed by atoms with Gasteiger partial charge in [-0.05, 0) is 0 Å². The number of rotatable bonds is 5. The number of halogens is 1. The topological polar surface area (TPSA) is 9.23 Å². The van der Waals surface area contributed by atoms with Crippen molar-refractivity contribution < 1.29 is 26.6 Å². The van der Waals surface area contributed by atoms with Crippen molar-refractivity contribution >= 4 is 16.5 Å². The van der Waals surface area contributed by atoms with Crippen LogP contribution in [-0.4, -0.2) is 19.0 Å². The Morgan fingerprint density at radius 2 is 2.50 bits per heavy atom. The summed E-state index contributed by atoms with van der Waals surface area (Å²) >= 11 is -0.892. The van der Waals surface area contributed by atoms with E-state index in [4.69, 9.17) is 13.0 Å². The molecule has 46 valence electrons. The van der Waals surface area contributed by atoms with Gasteiger partial charge in [0, 0.05) is 0 Å². The molecule has 4 heteroatoms. The molecular formula is C4H9ClHgOS. The average molecular weight is 341 g/mol. The molecule has 0 amide bonds. The molecule has 0 aliphatic carbocycles. The zero-order chi connectivity index (χ0) is 6.24. The summed E-state index contributed by atoms with van der Waals surface area (Å²) in [5, 5.41) is 0. The molecule has 0 fully saturated rings. The van der Waals surface area contributed by atoms with Gasteiger partial charge in [0.05, 0.1) is 0 Å². The summed E-state index contributed by atoms with van der Waals surface area (Å²) in [7, 11) is 7.52. The van der Waals surface area contributed by atoms with E-state index in [-0.39, 0.29) is 0 Å². The van der Waals surface area contributed by atoms with Crippen LogP contribution in [0.15, 0.2) is 0 Å². The van der Waals surface area contributed by atoms with E-state index in [1.165, 1.54) is 0 Å². The molecule has 0 heterocycles. The molecule has 0 radical (unpaired) electrons. The molecule has 0 aromatic carbocycles. The van der Waals surface area contributed by atoms with Crippen molar-refractivity contribution in [3.05, 3.63) is 0 Å². The molecule has 0 unspecified atom stereocenters. The normalized spacial score (nSPS) is 8.75. The predicted octanol–water partition coefficient (Wildman–Crippen LogP) is 1.91. The van der Waals surface area contributed by atoms with Gasteiger partial charge in [-0.1, -0.05) is 0 Å². The first-order chi connectivity index (χ1) is 3.91. The summed E-state index contributed by atoms with van der Waals surface area (Å²) in [5.74, 6) is 1.11. The van der Waals surface area contributed by atoms with Crippen LogP contribution < -0.4 is 0 Å². The average Bonchev–Trinajstić information content (AvgIpc) is 1.81. The Morgan fingerprint density at radius 3 is 3.00 bits per heavy atom. The first kappa shape index (κ1) is 9.54. The Hall–Kier alpha value is 1.54. The Kier molecular flexibility index (Phi) is 10.2. The summed E-state index contributed by atoms with van der Waals surface area (Å²) in [6.07, 6.45) is 0. The van der Waals surface area contributed by atoms with Gasteiger partial charge in [-0.3, -0.25) is 0 Å². The standard InChI is InChI=1S/C4H10OS.ClH.Hg/c1-2-5-3-4-6;;/h6H,2-4H2,1H3;1H;/q;;+2/p-2. The van der Waals surface area contributed by atoms with Gasteiger partial charge < -0.3 is 0 Å². The zero-order valence-corrected chi connectivity index (χ0v) is 12.1. The molecule has 0 saturated heterocycles. The third-order valence-electron chi connectivity index (χ3n) is 0.653. The van der Waals surface area contributed by atoms with Crippen LogP contribution in [0.5, 0.6) is 0 Å². The van der Waals surface area contributed by atoms with Gasteiger partial charge in [-0.25, -0.2) is 0 Å². The van der Waals surface area contributed by atoms with Crippen LogP contribution in [0.2, 0.25) is 0 Å². The molecule has 0 saturated carbocycles. The van der Waals surface area contributed by atoms with E-state index in [1.807, 2.05) is 15.2 Å². The van der Waals surface area contributed by atoms with Gasteiger partial charge in [0.2, 0.25) is 0 Å². The molecule has 0 aromatic heterocycles. The fourth-order valence-electron chi connectivity index (χ4n) is 0.317. The van der Waals surface area contributed by atoms with Crippen LogP contribution in [0.3, 0.4) is 0 Å². The predicted molar refractivity (Wildman–Crippen MR) is 34.8 cm³/mol. The van der Waals surface area contributed by atoms with Gasteiger partial charge >= 0.3 is 68.9 Å². The number of ether oxygens (including phenoxy) is 1. The van der Waals surface area contributed by atoms with Crippen LogP contribution >= 0.6 is 16.5 Å². The van der Waals surface area contributed by atoms with E-state index in [1.54, 1.807) is 0 Å². The van der Waals surface area contributed by atoms with Crippen molar-refractivity contribution in [1.29, 1.82) is 0 Å². The minimum absolute atomic E-state index is 0.833. The molecule has 0 aliphatic rings. The first-order valence-corrected chi connectivity index (χ1v) is 17.3. The number of hydrogen-bond acceptors (Lipinski definition) is 2. The molecule has 1 nitrogen and oxygen atoms in total. The van der Waals surface area contributed by atoms with Crippen molar-refractivity contribution in [3.63, 3.8) is 0 Å². The monoisotopic (exact) mass is 342 g/mol. The SMILES string of the molecule is CCOCC[S][Hg][Cl]. The molecule has 0 spiro atoms. The summed E-state index contributed by atoms with van der Waals surface area (Å²) in [6, 6.07) is 0. The van der Waals surface area contributed by atoms with Gasteiger partial charge in [0.1, 0.15) is 0 Å². The molecule has 0 aliphatic heterocycles. The first-order valence-electron chi connectivity index (χ1n) is 2.63.